The molecule has 1 heterocycles. The molecule has 0 unspecified atom stereocenters. The molecule has 2 aliphatic rings. The maximum absolute atomic E-state index is 13.1. The minimum Gasteiger partial charge on any atom is -0.353 e. The van der Waals surface area contributed by atoms with E-state index in [0.29, 0.717) is 6.54 Å². The molecule has 1 aromatic rings. The van der Waals surface area contributed by atoms with Gasteiger partial charge in [-0.3, -0.25) is 14.6 Å². The van der Waals surface area contributed by atoms with E-state index in [1.54, 1.807) is 0 Å². The molecular weight excluding hydrogens is 317 g/mol. The summed E-state index contributed by atoms with van der Waals surface area (Å²) in [5.74, 6) is -0.0681. The van der Waals surface area contributed by atoms with Crippen LogP contribution in [0.3, 0.4) is 0 Å². The van der Waals surface area contributed by atoms with Crippen LogP contribution in [0, 0.1) is 5.82 Å². The monoisotopic (exact) mass is 347 g/mol. The van der Waals surface area contributed by atoms with Gasteiger partial charge in [0.25, 0.3) is 0 Å². The molecule has 0 aromatic heterocycles. The van der Waals surface area contributed by atoms with Gasteiger partial charge in [-0.25, -0.2) is 4.39 Å². The highest BCUT2D eigenvalue weighted by molar-refractivity contribution is 5.81. The van der Waals surface area contributed by atoms with Crippen LogP contribution < -0.4 is 5.32 Å². The van der Waals surface area contributed by atoms with Crippen molar-refractivity contribution in [2.45, 2.75) is 57.7 Å². The fourth-order valence-electron chi connectivity index (χ4n) is 3.78. The maximum atomic E-state index is 13.1. The average molecular weight is 347 g/mol. The van der Waals surface area contributed by atoms with Crippen molar-refractivity contribution in [3.05, 3.63) is 35.6 Å². The van der Waals surface area contributed by atoms with E-state index in [0.717, 1.165) is 57.0 Å². The Morgan fingerprint density at radius 3 is 2.68 bits per heavy atom. The zero-order valence-corrected chi connectivity index (χ0v) is 15.2. The molecule has 1 aliphatic carbocycles. The van der Waals surface area contributed by atoms with E-state index >= 15 is 0 Å². The average Bonchev–Trinajstić information content (AvgIpc) is 3.46. The molecule has 4 nitrogen and oxygen atoms in total. The zero-order chi connectivity index (χ0) is 17.6. The van der Waals surface area contributed by atoms with E-state index in [1.165, 1.54) is 25.0 Å². The third-order valence-corrected chi connectivity index (χ3v) is 5.38. The van der Waals surface area contributed by atoms with E-state index in [1.807, 2.05) is 12.1 Å². The fraction of sp³-hybridized carbons (Fsp3) is 0.650. The summed E-state index contributed by atoms with van der Waals surface area (Å²) in [6.45, 7) is 6.55. The van der Waals surface area contributed by atoms with Gasteiger partial charge in [-0.05, 0) is 56.5 Å². The summed E-state index contributed by atoms with van der Waals surface area (Å²) in [6, 6.07) is 7.29. The van der Waals surface area contributed by atoms with Gasteiger partial charge in [-0.2, -0.15) is 0 Å². The highest BCUT2D eigenvalue weighted by atomic mass is 19.1. The smallest absolute Gasteiger partial charge is 0.237 e. The normalized spacial score (nSPS) is 21.5. The molecule has 1 aliphatic heterocycles. The number of likely N-dealkylation sites (tertiary alicyclic amines) is 1. The molecule has 1 atom stereocenters. The molecule has 1 amide bonds. The molecular formula is C20H30FN3O. The van der Waals surface area contributed by atoms with Gasteiger partial charge in [0.05, 0.1) is 6.04 Å². The van der Waals surface area contributed by atoms with Crippen molar-refractivity contribution in [3.8, 4) is 0 Å². The number of hydrogen-bond donors (Lipinski definition) is 1. The second kappa shape index (κ2) is 8.77. The number of benzene rings is 1. The van der Waals surface area contributed by atoms with Crippen LogP contribution in [0.5, 0.6) is 0 Å². The molecule has 3 rings (SSSR count). The van der Waals surface area contributed by atoms with Gasteiger partial charge in [0, 0.05) is 25.7 Å². The van der Waals surface area contributed by atoms with Crippen molar-refractivity contribution in [2.24, 2.45) is 0 Å². The third-order valence-electron chi connectivity index (χ3n) is 5.38. The predicted octanol–water partition coefficient (Wildman–Crippen LogP) is 2.78. The zero-order valence-electron chi connectivity index (χ0n) is 15.2. The maximum Gasteiger partial charge on any atom is 0.237 e. The van der Waals surface area contributed by atoms with Crippen LogP contribution in [0.2, 0.25) is 0 Å². The predicted molar refractivity (Wildman–Crippen MR) is 97.7 cm³/mol. The van der Waals surface area contributed by atoms with Crippen LogP contribution in [0.1, 0.15) is 44.6 Å². The highest BCUT2D eigenvalue weighted by Crippen LogP contribution is 2.26. The minimum absolute atomic E-state index is 0.0604. The van der Waals surface area contributed by atoms with Gasteiger partial charge in [-0.1, -0.05) is 25.5 Å². The van der Waals surface area contributed by atoms with Crippen LogP contribution in [0.25, 0.3) is 0 Å². The molecule has 138 valence electrons. The Morgan fingerprint density at radius 1 is 1.24 bits per heavy atom. The number of likely N-dealkylation sites (N-methyl/N-ethyl adjacent to an activating group) is 1. The molecule has 5 heteroatoms. The van der Waals surface area contributed by atoms with Crippen molar-refractivity contribution in [3.63, 3.8) is 0 Å². The first kappa shape index (κ1) is 18.3. The fourth-order valence-corrected chi connectivity index (χ4v) is 3.78. The number of carbonyl (C=O) groups excluding carboxylic acids is 1. The topological polar surface area (TPSA) is 35.6 Å². The Labute approximate surface area is 150 Å². The van der Waals surface area contributed by atoms with Crippen molar-refractivity contribution < 1.29 is 9.18 Å². The lowest BCUT2D eigenvalue weighted by atomic mass is 10.0. The summed E-state index contributed by atoms with van der Waals surface area (Å²) in [7, 11) is 0. The Balaban J connectivity index is 1.50. The second-order valence-corrected chi connectivity index (χ2v) is 7.26. The second-order valence-electron chi connectivity index (χ2n) is 7.26. The number of nitrogens with one attached hydrogen (secondary N) is 1. The number of halogens is 1. The molecule has 2 fully saturated rings. The number of nitrogens with zero attached hydrogens (tertiary/aromatic N) is 2. The summed E-state index contributed by atoms with van der Waals surface area (Å²) < 4.78 is 13.1. The molecule has 0 bridgehead atoms. The third kappa shape index (κ3) is 5.25. The largest absolute Gasteiger partial charge is 0.353 e. The minimum atomic E-state index is -0.215. The lowest BCUT2D eigenvalue weighted by Crippen LogP contribution is -2.50. The van der Waals surface area contributed by atoms with Crippen LogP contribution in [0.4, 0.5) is 4.39 Å². The molecule has 0 radical (unpaired) electrons. The first-order valence-electron chi connectivity index (χ1n) is 9.67. The Bertz CT molecular complexity index is 559. The quantitative estimate of drug-likeness (QED) is 0.785. The molecule has 1 saturated carbocycles. The van der Waals surface area contributed by atoms with E-state index < -0.39 is 0 Å². The molecule has 0 spiro atoms. The van der Waals surface area contributed by atoms with Crippen molar-refractivity contribution in [2.75, 3.05) is 26.2 Å². The Morgan fingerprint density at radius 2 is 2.00 bits per heavy atom. The van der Waals surface area contributed by atoms with Gasteiger partial charge in [0.2, 0.25) is 5.91 Å². The number of rotatable bonds is 8. The van der Waals surface area contributed by atoms with E-state index in [4.69, 9.17) is 0 Å². The van der Waals surface area contributed by atoms with Crippen LogP contribution in [0.15, 0.2) is 24.3 Å². The number of piperidine rings is 1. The van der Waals surface area contributed by atoms with Gasteiger partial charge in [0.1, 0.15) is 5.82 Å². The Kier molecular flexibility index (Phi) is 6.43. The standard InChI is InChI=1S/C20H30FN3O/c1-2-23(18-10-11-18)14-12-22-20(25)19-5-3-4-13-24(19)15-16-6-8-17(21)9-7-16/h6-9,18-19H,2-5,10-15H2,1H3,(H,22,25)/t19-/m0/s1. The van der Waals surface area contributed by atoms with Crippen molar-refractivity contribution in [1.82, 2.24) is 15.1 Å². The van der Waals surface area contributed by atoms with Gasteiger partial charge >= 0.3 is 0 Å². The van der Waals surface area contributed by atoms with E-state index in [-0.39, 0.29) is 17.8 Å². The number of carbonyl (C=O) groups is 1. The Hall–Kier alpha value is -1.46. The van der Waals surface area contributed by atoms with Crippen molar-refractivity contribution >= 4 is 5.91 Å². The van der Waals surface area contributed by atoms with Gasteiger partial charge in [0.15, 0.2) is 0 Å². The first-order chi connectivity index (χ1) is 12.2. The van der Waals surface area contributed by atoms with Crippen LogP contribution >= 0.6 is 0 Å². The van der Waals surface area contributed by atoms with Gasteiger partial charge in [-0.15, -0.1) is 0 Å². The highest BCUT2D eigenvalue weighted by Gasteiger charge is 2.30. The number of amides is 1. The SMILES string of the molecule is CCN(CCNC(=O)[C@@H]1CCCCN1Cc1ccc(F)cc1)C1CC1. The van der Waals surface area contributed by atoms with E-state index in [2.05, 4.69) is 22.0 Å². The molecule has 1 saturated heterocycles. The van der Waals surface area contributed by atoms with Crippen molar-refractivity contribution in [1.29, 1.82) is 0 Å². The summed E-state index contributed by atoms with van der Waals surface area (Å²) in [5, 5.41) is 3.14. The summed E-state index contributed by atoms with van der Waals surface area (Å²) in [4.78, 5) is 17.4. The van der Waals surface area contributed by atoms with Crippen LogP contribution in [-0.2, 0) is 11.3 Å². The summed E-state index contributed by atoms with van der Waals surface area (Å²) >= 11 is 0. The first-order valence-corrected chi connectivity index (χ1v) is 9.67. The lowest BCUT2D eigenvalue weighted by molar-refractivity contribution is -0.128. The van der Waals surface area contributed by atoms with Gasteiger partial charge < -0.3 is 5.32 Å². The van der Waals surface area contributed by atoms with Crippen LogP contribution in [-0.4, -0.2) is 54.0 Å². The summed E-state index contributed by atoms with van der Waals surface area (Å²) in [5.41, 5.74) is 1.06. The molecule has 1 N–H and O–H groups in total. The van der Waals surface area contributed by atoms with E-state index in [9.17, 15) is 9.18 Å². The molecule has 25 heavy (non-hydrogen) atoms. The lowest BCUT2D eigenvalue weighted by Gasteiger charge is -2.35. The summed E-state index contributed by atoms with van der Waals surface area (Å²) in [6.07, 6.45) is 5.73. The number of hydrogen-bond acceptors (Lipinski definition) is 3. The molecule has 1 aromatic carbocycles.